The van der Waals surface area contributed by atoms with Crippen molar-refractivity contribution >= 4 is 0 Å². The maximum absolute atomic E-state index is 5.81. The number of hydrogen-bond donors (Lipinski definition) is 0. The summed E-state index contributed by atoms with van der Waals surface area (Å²) >= 11 is 0. The van der Waals surface area contributed by atoms with Gasteiger partial charge in [0, 0.05) is 11.0 Å². The number of ether oxygens (including phenoxy) is 2. The Kier molecular flexibility index (Phi) is 2.58. The van der Waals surface area contributed by atoms with E-state index in [-0.39, 0.29) is 5.41 Å². The second kappa shape index (κ2) is 4.10. The van der Waals surface area contributed by atoms with Gasteiger partial charge in [0.25, 0.3) is 0 Å². The summed E-state index contributed by atoms with van der Waals surface area (Å²) in [4.78, 5) is 0. The summed E-state index contributed by atoms with van der Waals surface area (Å²) in [5.74, 6) is 1.81. The molecule has 17 heavy (non-hydrogen) atoms. The van der Waals surface area contributed by atoms with Crippen molar-refractivity contribution in [1.29, 1.82) is 0 Å². The maximum Gasteiger partial charge on any atom is 0.165 e. The first-order valence-corrected chi connectivity index (χ1v) is 6.34. The first-order chi connectivity index (χ1) is 8.36. The van der Waals surface area contributed by atoms with Crippen molar-refractivity contribution in [2.45, 2.75) is 31.1 Å². The van der Waals surface area contributed by atoms with E-state index in [2.05, 4.69) is 24.3 Å². The average molecular weight is 230 g/mol. The summed E-state index contributed by atoms with van der Waals surface area (Å²) in [7, 11) is 1.71. The molecular formula is C15H18O2. The van der Waals surface area contributed by atoms with Crippen molar-refractivity contribution in [3.63, 3.8) is 0 Å². The first kappa shape index (κ1) is 10.7. The van der Waals surface area contributed by atoms with Crippen LogP contribution in [0.5, 0.6) is 11.5 Å². The Morgan fingerprint density at radius 1 is 1.29 bits per heavy atom. The molecule has 0 saturated carbocycles. The van der Waals surface area contributed by atoms with Crippen LogP contribution in [0.3, 0.4) is 0 Å². The summed E-state index contributed by atoms with van der Waals surface area (Å²) in [5.41, 5.74) is 1.50. The van der Waals surface area contributed by atoms with E-state index < -0.39 is 0 Å². The van der Waals surface area contributed by atoms with Crippen LogP contribution in [-0.2, 0) is 5.41 Å². The van der Waals surface area contributed by atoms with E-state index in [0.29, 0.717) is 0 Å². The lowest BCUT2D eigenvalue weighted by Gasteiger charge is -2.39. The molecule has 1 aromatic rings. The normalized spacial score (nSPS) is 26.4. The van der Waals surface area contributed by atoms with E-state index in [1.165, 1.54) is 24.8 Å². The highest BCUT2D eigenvalue weighted by Gasteiger charge is 2.37. The Bertz CT molecular complexity index is 450. The van der Waals surface area contributed by atoms with E-state index in [1.807, 2.05) is 6.07 Å². The molecule has 0 bridgehead atoms. The summed E-state index contributed by atoms with van der Waals surface area (Å²) in [6.45, 7) is 0.789. The van der Waals surface area contributed by atoms with Crippen LogP contribution in [0.25, 0.3) is 0 Å². The van der Waals surface area contributed by atoms with Crippen LogP contribution in [0, 0.1) is 0 Å². The summed E-state index contributed by atoms with van der Waals surface area (Å²) < 4.78 is 11.2. The Labute approximate surface area is 102 Å². The van der Waals surface area contributed by atoms with E-state index in [1.54, 1.807) is 7.11 Å². The molecule has 2 heteroatoms. The van der Waals surface area contributed by atoms with Crippen molar-refractivity contribution in [1.82, 2.24) is 0 Å². The minimum atomic E-state index is 0.195. The highest BCUT2D eigenvalue weighted by atomic mass is 16.5. The van der Waals surface area contributed by atoms with Crippen molar-refractivity contribution in [2.75, 3.05) is 13.7 Å². The van der Waals surface area contributed by atoms with E-state index in [9.17, 15) is 0 Å². The van der Waals surface area contributed by atoms with Gasteiger partial charge in [0.2, 0.25) is 0 Å². The zero-order chi connectivity index (χ0) is 11.7. The number of hydrogen-bond acceptors (Lipinski definition) is 2. The number of benzene rings is 1. The van der Waals surface area contributed by atoms with Crippen LogP contribution < -0.4 is 9.47 Å². The Morgan fingerprint density at radius 2 is 2.24 bits per heavy atom. The third-order valence-corrected chi connectivity index (χ3v) is 3.96. The summed E-state index contributed by atoms with van der Waals surface area (Å²) in [6, 6.07) is 6.23. The van der Waals surface area contributed by atoms with Crippen LogP contribution in [0.1, 0.15) is 31.2 Å². The van der Waals surface area contributed by atoms with Crippen molar-refractivity contribution in [3.05, 3.63) is 35.9 Å². The molecule has 1 atom stereocenters. The molecule has 1 heterocycles. The van der Waals surface area contributed by atoms with Gasteiger partial charge in [-0.1, -0.05) is 24.3 Å². The fraction of sp³-hybridized carbons (Fsp3) is 0.467. The number of para-hydroxylation sites is 1. The maximum atomic E-state index is 5.81. The zero-order valence-corrected chi connectivity index (χ0v) is 10.2. The molecule has 1 aromatic carbocycles. The molecule has 3 rings (SSSR count). The second-order valence-corrected chi connectivity index (χ2v) is 4.89. The summed E-state index contributed by atoms with van der Waals surface area (Å²) in [6.07, 6.45) is 9.50. The molecule has 2 nitrogen and oxygen atoms in total. The third-order valence-electron chi connectivity index (χ3n) is 3.96. The zero-order valence-electron chi connectivity index (χ0n) is 10.2. The van der Waals surface area contributed by atoms with E-state index >= 15 is 0 Å². The molecule has 2 aliphatic rings. The molecule has 0 amide bonds. The molecule has 0 fully saturated rings. The third kappa shape index (κ3) is 1.63. The molecular weight excluding hydrogens is 212 g/mol. The quantitative estimate of drug-likeness (QED) is 0.688. The van der Waals surface area contributed by atoms with Crippen molar-refractivity contribution in [3.8, 4) is 11.5 Å². The Balaban J connectivity index is 2.13. The predicted octanol–water partition coefficient (Wildman–Crippen LogP) is 3.46. The molecule has 0 aromatic heterocycles. The summed E-state index contributed by atoms with van der Waals surface area (Å²) in [5, 5.41) is 0. The SMILES string of the molecule is COc1cccc2c1OCCC21C=CCCC1. The van der Waals surface area contributed by atoms with Gasteiger partial charge in [0.1, 0.15) is 0 Å². The highest BCUT2D eigenvalue weighted by molar-refractivity contribution is 5.53. The standard InChI is InChI=1S/C15H18O2/c1-16-13-7-5-6-12-14(13)17-11-10-15(12)8-3-2-4-9-15/h3,5-8H,2,4,9-11H2,1H3. The van der Waals surface area contributed by atoms with Gasteiger partial charge in [0.05, 0.1) is 13.7 Å². The fourth-order valence-electron chi connectivity index (χ4n) is 3.05. The van der Waals surface area contributed by atoms with E-state index in [4.69, 9.17) is 9.47 Å². The Morgan fingerprint density at radius 3 is 3.00 bits per heavy atom. The number of methoxy groups -OCH3 is 1. The minimum Gasteiger partial charge on any atom is -0.493 e. The van der Waals surface area contributed by atoms with Crippen LogP contribution in [0.15, 0.2) is 30.4 Å². The fourth-order valence-corrected chi connectivity index (χ4v) is 3.05. The number of fused-ring (bicyclic) bond motifs is 2. The van der Waals surface area contributed by atoms with Crippen molar-refractivity contribution < 1.29 is 9.47 Å². The lowest BCUT2D eigenvalue weighted by Crippen LogP contribution is -2.32. The number of rotatable bonds is 1. The average Bonchev–Trinajstić information content (AvgIpc) is 2.40. The van der Waals surface area contributed by atoms with Gasteiger partial charge < -0.3 is 9.47 Å². The van der Waals surface area contributed by atoms with Gasteiger partial charge in [-0.3, -0.25) is 0 Å². The lowest BCUT2D eigenvalue weighted by molar-refractivity contribution is 0.217. The van der Waals surface area contributed by atoms with Gasteiger partial charge >= 0.3 is 0 Å². The highest BCUT2D eigenvalue weighted by Crippen LogP contribution is 2.48. The monoisotopic (exact) mass is 230 g/mol. The smallest absolute Gasteiger partial charge is 0.165 e. The molecule has 0 N–H and O–H groups in total. The lowest BCUT2D eigenvalue weighted by atomic mass is 9.70. The number of allylic oxidation sites excluding steroid dienone is 2. The van der Waals surface area contributed by atoms with Gasteiger partial charge in [0.15, 0.2) is 11.5 Å². The van der Waals surface area contributed by atoms with Crippen LogP contribution in [0.2, 0.25) is 0 Å². The van der Waals surface area contributed by atoms with Gasteiger partial charge in [-0.15, -0.1) is 0 Å². The molecule has 0 saturated heterocycles. The van der Waals surface area contributed by atoms with Crippen molar-refractivity contribution in [2.24, 2.45) is 0 Å². The van der Waals surface area contributed by atoms with Crippen LogP contribution in [0.4, 0.5) is 0 Å². The Hall–Kier alpha value is -1.44. The molecule has 90 valence electrons. The molecule has 1 unspecified atom stereocenters. The van der Waals surface area contributed by atoms with Gasteiger partial charge in [-0.25, -0.2) is 0 Å². The largest absolute Gasteiger partial charge is 0.493 e. The minimum absolute atomic E-state index is 0.195. The van der Waals surface area contributed by atoms with Crippen LogP contribution in [-0.4, -0.2) is 13.7 Å². The van der Waals surface area contributed by atoms with Gasteiger partial charge in [-0.05, 0) is 31.7 Å². The first-order valence-electron chi connectivity index (χ1n) is 6.34. The molecule has 0 radical (unpaired) electrons. The predicted molar refractivity (Wildman–Crippen MR) is 67.8 cm³/mol. The molecule has 1 aliphatic heterocycles. The van der Waals surface area contributed by atoms with Crippen LogP contribution >= 0.6 is 0 Å². The second-order valence-electron chi connectivity index (χ2n) is 4.89. The van der Waals surface area contributed by atoms with E-state index in [0.717, 1.165) is 24.5 Å². The topological polar surface area (TPSA) is 18.5 Å². The van der Waals surface area contributed by atoms with Gasteiger partial charge in [-0.2, -0.15) is 0 Å². The molecule has 1 spiro atoms. The molecule has 1 aliphatic carbocycles.